The van der Waals surface area contributed by atoms with E-state index in [-0.39, 0.29) is 6.09 Å². The number of carbonyl (C=O) groups is 1. The number of allylic oxidation sites excluding steroid dienone is 2. The fourth-order valence-electron chi connectivity index (χ4n) is 3.48. The molecule has 2 saturated heterocycles. The van der Waals surface area contributed by atoms with Gasteiger partial charge >= 0.3 is 6.09 Å². The maximum atomic E-state index is 12.2. The minimum absolute atomic E-state index is 0.150. The van der Waals surface area contributed by atoms with Crippen LogP contribution in [0, 0.1) is 0 Å². The van der Waals surface area contributed by atoms with Crippen molar-refractivity contribution >= 4 is 28.7 Å². The van der Waals surface area contributed by atoms with Gasteiger partial charge in [0.1, 0.15) is 5.60 Å². The fourth-order valence-corrected chi connectivity index (χ4v) is 3.94. The first-order chi connectivity index (χ1) is 9.83. The van der Waals surface area contributed by atoms with Gasteiger partial charge in [0.15, 0.2) is 0 Å². The molecule has 116 valence electrons. The zero-order chi connectivity index (χ0) is 15.2. The number of rotatable bonds is 1. The average molecular weight is 402 g/mol. The lowest BCUT2D eigenvalue weighted by molar-refractivity contribution is 0.0109. The van der Waals surface area contributed by atoms with Crippen LogP contribution in [0.2, 0.25) is 0 Å². The third-order valence-electron chi connectivity index (χ3n) is 4.37. The maximum absolute atomic E-state index is 12.2. The number of fused-ring (bicyclic) bond motifs is 2. The number of amides is 1. The molecule has 0 aromatic rings. The van der Waals surface area contributed by atoms with Crippen molar-refractivity contribution in [2.45, 2.75) is 57.3 Å². The lowest BCUT2D eigenvalue weighted by atomic mass is 10.1. The van der Waals surface area contributed by atoms with Gasteiger partial charge in [-0.15, -0.1) is 0 Å². The summed E-state index contributed by atoms with van der Waals surface area (Å²) < 4.78 is 6.84. The molecule has 1 aliphatic carbocycles. The van der Waals surface area contributed by atoms with E-state index >= 15 is 0 Å². The summed E-state index contributed by atoms with van der Waals surface area (Å²) in [5.41, 5.74) is -0.411. The topological polar surface area (TPSA) is 32.8 Å². The molecule has 2 fully saturated rings. The smallest absolute Gasteiger partial charge is 0.410 e. The van der Waals surface area contributed by atoms with Gasteiger partial charge in [-0.25, -0.2) is 4.79 Å². The van der Waals surface area contributed by atoms with Gasteiger partial charge in [-0.2, -0.15) is 0 Å². The third kappa shape index (κ3) is 3.28. The van der Waals surface area contributed by atoms with E-state index in [1.807, 2.05) is 25.7 Å². The van der Waals surface area contributed by atoms with Crippen LogP contribution >= 0.6 is 22.6 Å². The maximum Gasteiger partial charge on any atom is 0.410 e. The summed E-state index contributed by atoms with van der Waals surface area (Å²) >= 11 is 2.36. The zero-order valence-corrected chi connectivity index (χ0v) is 15.0. The number of halogens is 1. The monoisotopic (exact) mass is 402 g/mol. The second kappa shape index (κ2) is 5.57. The molecule has 0 saturated carbocycles. The van der Waals surface area contributed by atoms with Crippen molar-refractivity contribution in [3.63, 3.8) is 0 Å². The number of nitrogens with zero attached hydrogens (tertiary/aromatic N) is 2. The lowest BCUT2D eigenvalue weighted by Crippen LogP contribution is -2.52. The molecule has 3 aliphatic rings. The van der Waals surface area contributed by atoms with Gasteiger partial charge in [0.05, 0.1) is 0 Å². The van der Waals surface area contributed by atoms with Crippen molar-refractivity contribution in [3.8, 4) is 0 Å². The van der Waals surface area contributed by atoms with E-state index in [4.69, 9.17) is 4.74 Å². The summed E-state index contributed by atoms with van der Waals surface area (Å²) in [7, 11) is 0. The van der Waals surface area contributed by atoms with Gasteiger partial charge in [0, 0.05) is 34.8 Å². The quantitative estimate of drug-likeness (QED) is 0.631. The highest BCUT2D eigenvalue weighted by molar-refractivity contribution is 14.1. The predicted octanol–water partition coefficient (Wildman–Crippen LogP) is 3.33. The van der Waals surface area contributed by atoms with Crippen LogP contribution in [0.4, 0.5) is 4.79 Å². The molecule has 2 bridgehead atoms. The number of carbonyl (C=O) groups excluding carboxylic acids is 1. The first-order valence-corrected chi connectivity index (χ1v) is 8.70. The Balaban J connectivity index is 1.59. The van der Waals surface area contributed by atoms with Crippen LogP contribution in [0.25, 0.3) is 0 Å². The van der Waals surface area contributed by atoms with Gasteiger partial charge in [0.25, 0.3) is 0 Å². The van der Waals surface area contributed by atoms with Crippen LogP contribution in [0.3, 0.4) is 0 Å². The predicted molar refractivity (Wildman–Crippen MR) is 91.5 cm³/mol. The van der Waals surface area contributed by atoms with Gasteiger partial charge in [0.2, 0.25) is 0 Å². The van der Waals surface area contributed by atoms with E-state index in [0.29, 0.717) is 18.1 Å². The molecule has 3 atom stereocenters. The van der Waals surface area contributed by atoms with E-state index in [0.717, 1.165) is 25.9 Å². The molecule has 5 heteroatoms. The minimum Gasteiger partial charge on any atom is -0.444 e. The standard InChI is InChI=1S/C16H23IN2O2/c1-16(2,3)21-15(20)19-10-13-8-14(19)9-18(13)12-6-4-11(17)5-7-12/h4-6,12-14H,7-10H2,1-3H3. The van der Waals surface area contributed by atoms with Crippen molar-refractivity contribution in [1.29, 1.82) is 0 Å². The van der Waals surface area contributed by atoms with Gasteiger partial charge < -0.3 is 9.64 Å². The Labute approximate surface area is 140 Å². The number of hydrogen-bond donors (Lipinski definition) is 0. The molecular weight excluding hydrogens is 379 g/mol. The fraction of sp³-hybridized carbons (Fsp3) is 0.688. The summed E-state index contributed by atoms with van der Waals surface area (Å²) in [4.78, 5) is 16.7. The summed E-state index contributed by atoms with van der Waals surface area (Å²) in [6.45, 7) is 7.55. The average Bonchev–Trinajstić information content (AvgIpc) is 2.97. The molecule has 2 heterocycles. The van der Waals surface area contributed by atoms with E-state index in [9.17, 15) is 4.79 Å². The minimum atomic E-state index is -0.411. The van der Waals surface area contributed by atoms with Crippen LogP contribution in [-0.4, -0.2) is 52.7 Å². The van der Waals surface area contributed by atoms with Crippen molar-refractivity contribution in [2.75, 3.05) is 13.1 Å². The van der Waals surface area contributed by atoms with Crippen LogP contribution in [0.5, 0.6) is 0 Å². The number of piperazine rings is 1. The number of likely N-dealkylation sites (tertiary alicyclic amines) is 2. The van der Waals surface area contributed by atoms with Crippen molar-refractivity contribution in [3.05, 3.63) is 21.8 Å². The van der Waals surface area contributed by atoms with E-state index in [2.05, 4.69) is 45.7 Å². The Morgan fingerprint density at radius 3 is 2.62 bits per heavy atom. The Morgan fingerprint density at radius 1 is 1.33 bits per heavy atom. The SMILES string of the molecule is CC(C)(C)OC(=O)N1CC2CC1CN2C1C=CC(I)=CC1. The second-order valence-electron chi connectivity index (χ2n) is 7.12. The number of ether oxygens (including phenoxy) is 1. The molecule has 0 aromatic heterocycles. The first-order valence-electron chi connectivity index (χ1n) is 7.63. The second-order valence-corrected chi connectivity index (χ2v) is 8.37. The number of hydrogen-bond acceptors (Lipinski definition) is 3. The first kappa shape index (κ1) is 15.3. The van der Waals surface area contributed by atoms with Crippen molar-refractivity contribution < 1.29 is 9.53 Å². The zero-order valence-electron chi connectivity index (χ0n) is 12.9. The van der Waals surface area contributed by atoms with Crippen LogP contribution in [0.15, 0.2) is 21.8 Å². The largest absolute Gasteiger partial charge is 0.444 e. The van der Waals surface area contributed by atoms with Crippen LogP contribution in [0.1, 0.15) is 33.6 Å². The van der Waals surface area contributed by atoms with Gasteiger partial charge in [-0.3, -0.25) is 4.90 Å². The van der Waals surface area contributed by atoms with E-state index < -0.39 is 5.60 Å². The van der Waals surface area contributed by atoms with Gasteiger partial charge in [-0.1, -0.05) is 18.2 Å². The van der Waals surface area contributed by atoms with Crippen molar-refractivity contribution in [1.82, 2.24) is 9.80 Å². The Kier molecular flexibility index (Phi) is 4.07. The van der Waals surface area contributed by atoms with Gasteiger partial charge in [-0.05, 0) is 56.2 Å². The molecular formula is C16H23IN2O2. The molecule has 0 N–H and O–H groups in total. The molecule has 2 aliphatic heterocycles. The molecule has 21 heavy (non-hydrogen) atoms. The molecule has 3 rings (SSSR count). The van der Waals surface area contributed by atoms with E-state index in [1.54, 1.807) is 0 Å². The Morgan fingerprint density at radius 2 is 2.10 bits per heavy atom. The summed E-state index contributed by atoms with van der Waals surface area (Å²) in [6.07, 6.45) is 8.83. The normalized spacial score (nSPS) is 32.5. The van der Waals surface area contributed by atoms with Crippen molar-refractivity contribution in [2.24, 2.45) is 0 Å². The highest BCUT2D eigenvalue weighted by atomic mass is 127. The Hall–Kier alpha value is -0.560. The molecule has 3 unspecified atom stereocenters. The molecule has 4 nitrogen and oxygen atoms in total. The van der Waals surface area contributed by atoms with E-state index in [1.165, 1.54) is 3.58 Å². The molecule has 0 aromatic carbocycles. The third-order valence-corrected chi connectivity index (χ3v) is 5.17. The molecule has 1 amide bonds. The molecule has 0 radical (unpaired) electrons. The summed E-state index contributed by atoms with van der Waals surface area (Å²) in [5.74, 6) is 0. The summed E-state index contributed by atoms with van der Waals surface area (Å²) in [6, 6.07) is 1.31. The lowest BCUT2D eigenvalue weighted by Gasteiger charge is -2.38. The Bertz CT molecular complexity index is 495. The summed E-state index contributed by atoms with van der Waals surface area (Å²) in [5, 5.41) is 0. The molecule has 0 spiro atoms. The highest BCUT2D eigenvalue weighted by Crippen LogP contribution is 2.35. The highest BCUT2D eigenvalue weighted by Gasteiger charge is 2.47. The van der Waals surface area contributed by atoms with Crippen LogP contribution < -0.4 is 0 Å². The van der Waals surface area contributed by atoms with Crippen LogP contribution in [-0.2, 0) is 4.74 Å².